The average molecular weight is 192 g/mol. The van der Waals surface area contributed by atoms with Crippen LogP contribution in [0, 0.1) is 0 Å². The lowest BCUT2D eigenvalue weighted by atomic mass is 10.2. The molecule has 3 N–H and O–H groups in total. The molecule has 14 heavy (non-hydrogen) atoms. The first kappa shape index (κ1) is 9.55. The Balaban J connectivity index is 1.78. The predicted molar refractivity (Wildman–Crippen MR) is 54.5 cm³/mol. The highest BCUT2D eigenvalue weighted by Gasteiger charge is 2.20. The number of nitrogens with zero attached hydrogens (tertiary/aromatic N) is 2. The molecule has 1 aromatic rings. The minimum absolute atomic E-state index is 0.387. The maximum absolute atomic E-state index is 5.83. The van der Waals surface area contributed by atoms with Crippen LogP contribution in [-0.4, -0.2) is 22.1 Å². The summed E-state index contributed by atoms with van der Waals surface area (Å²) in [6.07, 6.45) is 6.76. The van der Waals surface area contributed by atoms with Gasteiger partial charge < -0.3 is 11.1 Å². The molecule has 0 bridgehead atoms. The normalized spacial score (nSPS) is 26.6. The van der Waals surface area contributed by atoms with E-state index in [1.807, 2.05) is 6.07 Å². The van der Waals surface area contributed by atoms with E-state index in [0.29, 0.717) is 12.1 Å². The van der Waals surface area contributed by atoms with Gasteiger partial charge >= 0.3 is 0 Å². The van der Waals surface area contributed by atoms with Crippen LogP contribution in [0.5, 0.6) is 0 Å². The van der Waals surface area contributed by atoms with Crippen LogP contribution >= 0.6 is 0 Å². The average Bonchev–Trinajstić information content (AvgIpc) is 2.63. The summed E-state index contributed by atoms with van der Waals surface area (Å²) in [7, 11) is 0. The SMILES string of the molecule is NC1CCC(NCc2ccncn2)C1. The summed E-state index contributed by atoms with van der Waals surface area (Å²) in [6, 6.07) is 2.89. The van der Waals surface area contributed by atoms with Gasteiger partial charge in [0.05, 0.1) is 5.69 Å². The van der Waals surface area contributed by atoms with Gasteiger partial charge in [-0.2, -0.15) is 0 Å². The summed E-state index contributed by atoms with van der Waals surface area (Å²) in [6.45, 7) is 0.819. The molecular weight excluding hydrogens is 176 g/mol. The Kier molecular flexibility index (Phi) is 3.06. The van der Waals surface area contributed by atoms with Crippen LogP contribution in [0.15, 0.2) is 18.6 Å². The Bertz CT molecular complexity index is 275. The molecule has 0 amide bonds. The van der Waals surface area contributed by atoms with Gasteiger partial charge in [-0.3, -0.25) is 0 Å². The van der Waals surface area contributed by atoms with Crippen molar-refractivity contribution in [3.63, 3.8) is 0 Å². The Morgan fingerprint density at radius 2 is 2.43 bits per heavy atom. The largest absolute Gasteiger partial charge is 0.328 e. The Labute approximate surface area is 83.9 Å². The molecule has 1 aromatic heterocycles. The summed E-state index contributed by atoms with van der Waals surface area (Å²) in [4.78, 5) is 8.03. The molecule has 0 spiro atoms. The van der Waals surface area contributed by atoms with Gasteiger partial charge in [0.25, 0.3) is 0 Å². The quantitative estimate of drug-likeness (QED) is 0.729. The van der Waals surface area contributed by atoms with Crippen LogP contribution in [0.1, 0.15) is 25.0 Å². The Hall–Kier alpha value is -1.00. The van der Waals surface area contributed by atoms with Crippen molar-refractivity contribution in [3.8, 4) is 0 Å². The molecule has 4 nitrogen and oxygen atoms in total. The van der Waals surface area contributed by atoms with Gasteiger partial charge in [-0.05, 0) is 25.3 Å². The minimum Gasteiger partial charge on any atom is -0.328 e. The molecule has 1 fully saturated rings. The lowest BCUT2D eigenvalue weighted by Gasteiger charge is -2.11. The summed E-state index contributed by atoms with van der Waals surface area (Å²) >= 11 is 0. The first-order valence-electron chi connectivity index (χ1n) is 5.08. The lowest BCUT2D eigenvalue weighted by molar-refractivity contribution is 0.512. The smallest absolute Gasteiger partial charge is 0.115 e. The molecule has 0 radical (unpaired) electrons. The van der Waals surface area contributed by atoms with E-state index in [9.17, 15) is 0 Å². The summed E-state index contributed by atoms with van der Waals surface area (Å²) in [5.41, 5.74) is 6.87. The van der Waals surface area contributed by atoms with Crippen LogP contribution in [0.2, 0.25) is 0 Å². The minimum atomic E-state index is 0.387. The van der Waals surface area contributed by atoms with E-state index in [4.69, 9.17) is 5.73 Å². The van der Waals surface area contributed by atoms with Crippen molar-refractivity contribution in [2.45, 2.75) is 37.9 Å². The van der Waals surface area contributed by atoms with Crippen LogP contribution in [-0.2, 0) is 6.54 Å². The molecule has 1 saturated carbocycles. The second-order valence-electron chi connectivity index (χ2n) is 3.85. The number of aromatic nitrogens is 2. The number of nitrogens with one attached hydrogen (secondary N) is 1. The summed E-state index contributed by atoms with van der Waals surface area (Å²) in [5.74, 6) is 0. The predicted octanol–water partition coefficient (Wildman–Crippen LogP) is 0.446. The lowest BCUT2D eigenvalue weighted by Crippen LogP contribution is -2.28. The molecule has 2 unspecified atom stereocenters. The molecule has 1 aliphatic carbocycles. The van der Waals surface area contributed by atoms with E-state index in [1.165, 1.54) is 6.42 Å². The van der Waals surface area contributed by atoms with Crippen molar-refractivity contribution in [1.82, 2.24) is 15.3 Å². The fourth-order valence-electron chi connectivity index (χ4n) is 1.87. The molecule has 1 aliphatic rings. The van der Waals surface area contributed by atoms with E-state index in [1.54, 1.807) is 12.5 Å². The van der Waals surface area contributed by atoms with Crippen molar-refractivity contribution in [2.24, 2.45) is 5.73 Å². The number of rotatable bonds is 3. The van der Waals surface area contributed by atoms with Crippen LogP contribution in [0.3, 0.4) is 0 Å². The van der Waals surface area contributed by atoms with Gasteiger partial charge in [0.2, 0.25) is 0 Å². The van der Waals surface area contributed by atoms with Crippen LogP contribution in [0.4, 0.5) is 0 Å². The second-order valence-corrected chi connectivity index (χ2v) is 3.85. The topological polar surface area (TPSA) is 63.8 Å². The molecule has 2 atom stereocenters. The Morgan fingerprint density at radius 1 is 1.50 bits per heavy atom. The van der Waals surface area contributed by atoms with Crippen molar-refractivity contribution in [1.29, 1.82) is 0 Å². The molecule has 2 rings (SSSR count). The van der Waals surface area contributed by atoms with Crippen LogP contribution < -0.4 is 11.1 Å². The fourth-order valence-corrected chi connectivity index (χ4v) is 1.87. The van der Waals surface area contributed by atoms with Gasteiger partial charge in [-0.15, -0.1) is 0 Å². The zero-order valence-electron chi connectivity index (χ0n) is 8.19. The second kappa shape index (κ2) is 4.48. The third kappa shape index (κ3) is 2.49. The zero-order chi connectivity index (χ0) is 9.80. The third-order valence-corrected chi connectivity index (χ3v) is 2.69. The third-order valence-electron chi connectivity index (χ3n) is 2.69. The van der Waals surface area contributed by atoms with E-state index < -0.39 is 0 Å². The molecule has 1 heterocycles. The van der Waals surface area contributed by atoms with Gasteiger partial charge in [-0.25, -0.2) is 9.97 Å². The molecule has 4 heteroatoms. The fraction of sp³-hybridized carbons (Fsp3) is 0.600. The summed E-state index contributed by atoms with van der Waals surface area (Å²) in [5, 5.41) is 3.46. The number of hydrogen-bond donors (Lipinski definition) is 2. The van der Waals surface area contributed by atoms with Gasteiger partial charge in [0, 0.05) is 24.8 Å². The number of hydrogen-bond acceptors (Lipinski definition) is 4. The molecule has 0 saturated heterocycles. The maximum Gasteiger partial charge on any atom is 0.115 e. The van der Waals surface area contributed by atoms with Crippen molar-refractivity contribution >= 4 is 0 Å². The summed E-state index contributed by atoms with van der Waals surface area (Å²) < 4.78 is 0. The highest BCUT2D eigenvalue weighted by Crippen LogP contribution is 2.17. The van der Waals surface area contributed by atoms with E-state index in [0.717, 1.165) is 25.1 Å². The maximum atomic E-state index is 5.83. The van der Waals surface area contributed by atoms with Gasteiger partial charge in [0.15, 0.2) is 0 Å². The molecular formula is C10H16N4. The highest BCUT2D eigenvalue weighted by atomic mass is 15.0. The van der Waals surface area contributed by atoms with E-state index in [2.05, 4.69) is 15.3 Å². The molecule has 0 aliphatic heterocycles. The first-order chi connectivity index (χ1) is 6.84. The Morgan fingerprint density at radius 3 is 3.07 bits per heavy atom. The molecule has 0 aromatic carbocycles. The van der Waals surface area contributed by atoms with Gasteiger partial charge in [0.1, 0.15) is 6.33 Å². The standard InChI is InChI=1S/C10H16N4/c11-8-1-2-9(5-8)13-6-10-3-4-12-7-14-10/h3-4,7-9,13H,1-2,5-6,11H2. The van der Waals surface area contributed by atoms with Crippen molar-refractivity contribution in [2.75, 3.05) is 0 Å². The zero-order valence-corrected chi connectivity index (χ0v) is 8.19. The van der Waals surface area contributed by atoms with Crippen molar-refractivity contribution in [3.05, 3.63) is 24.3 Å². The van der Waals surface area contributed by atoms with Crippen LogP contribution in [0.25, 0.3) is 0 Å². The van der Waals surface area contributed by atoms with E-state index in [-0.39, 0.29) is 0 Å². The highest BCUT2D eigenvalue weighted by molar-refractivity contribution is 4.98. The monoisotopic (exact) mass is 192 g/mol. The first-order valence-corrected chi connectivity index (χ1v) is 5.08. The molecule has 76 valence electrons. The van der Waals surface area contributed by atoms with Crippen molar-refractivity contribution < 1.29 is 0 Å². The number of nitrogens with two attached hydrogens (primary N) is 1. The van der Waals surface area contributed by atoms with Gasteiger partial charge in [-0.1, -0.05) is 0 Å². The van der Waals surface area contributed by atoms with E-state index >= 15 is 0 Å².